The van der Waals surface area contributed by atoms with E-state index in [1.54, 1.807) is 11.3 Å². The molecule has 20 heavy (non-hydrogen) atoms. The van der Waals surface area contributed by atoms with Gasteiger partial charge < -0.3 is 10.1 Å². The van der Waals surface area contributed by atoms with Crippen LogP contribution in [0.1, 0.15) is 49.0 Å². The van der Waals surface area contributed by atoms with Gasteiger partial charge in [0, 0.05) is 17.3 Å². The highest BCUT2D eigenvalue weighted by Gasteiger charge is 2.07. The number of benzene rings is 1. The number of hydrogen-bond acceptors (Lipinski definition) is 4. The van der Waals surface area contributed by atoms with Crippen LogP contribution in [0.2, 0.25) is 0 Å². The topological polar surface area (TPSA) is 34.1 Å². The Balaban J connectivity index is 1.99. The second-order valence-electron chi connectivity index (χ2n) is 5.20. The van der Waals surface area contributed by atoms with Gasteiger partial charge in [-0.05, 0) is 31.7 Å². The van der Waals surface area contributed by atoms with Crippen molar-refractivity contribution in [3.63, 3.8) is 0 Å². The van der Waals surface area contributed by atoms with E-state index in [1.807, 2.05) is 19.2 Å². The quantitative estimate of drug-likeness (QED) is 0.868. The summed E-state index contributed by atoms with van der Waals surface area (Å²) < 4.78 is 5.84. The lowest BCUT2D eigenvalue weighted by Crippen LogP contribution is -2.12. The van der Waals surface area contributed by atoms with Crippen LogP contribution in [-0.4, -0.2) is 12.0 Å². The van der Waals surface area contributed by atoms with Crippen molar-refractivity contribution in [2.24, 2.45) is 0 Å². The second-order valence-corrected chi connectivity index (χ2v) is 6.09. The summed E-state index contributed by atoms with van der Waals surface area (Å²) in [6.45, 7) is 6.98. The molecule has 0 bridgehead atoms. The van der Waals surface area contributed by atoms with Crippen LogP contribution in [0.15, 0.2) is 29.6 Å². The maximum atomic E-state index is 5.84. The van der Waals surface area contributed by atoms with E-state index in [2.05, 4.69) is 48.6 Å². The fourth-order valence-electron chi connectivity index (χ4n) is 1.85. The fourth-order valence-corrected chi connectivity index (χ4v) is 2.67. The SMILES string of the molecule is CNC(C)c1cccc(OCc2csc(C(C)C)n2)c1. The summed E-state index contributed by atoms with van der Waals surface area (Å²) in [6.07, 6.45) is 0. The van der Waals surface area contributed by atoms with Crippen molar-refractivity contribution in [1.29, 1.82) is 0 Å². The highest BCUT2D eigenvalue weighted by atomic mass is 32.1. The number of aromatic nitrogens is 1. The first kappa shape index (κ1) is 15.0. The predicted octanol–water partition coefficient (Wildman–Crippen LogP) is 4.13. The number of thiazole rings is 1. The molecule has 2 rings (SSSR count). The van der Waals surface area contributed by atoms with Gasteiger partial charge in [0.1, 0.15) is 12.4 Å². The highest BCUT2D eigenvalue weighted by Crippen LogP contribution is 2.22. The third-order valence-electron chi connectivity index (χ3n) is 3.24. The van der Waals surface area contributed by atoms with Crippen LogP contribution in [-0.2, 0) is 6.61 Å². The third-order valence-corrected chi connectivity index (χ3v) is 4.44. The molecule has 1 atom stereocenters. The molecule has 4 heteroatoms. The standard InChI is InChI=1S/C16H22N2OS/c1-11(2)16-18-14(10-20-16)9-19-15-7-5-6-13(8-15)12(3)17-4/h5-8,10-12,17H,9H2,1-4H3. The summed E-state index contributed by atoms with van der Waals surface area (Å²) >= 11 is 1.70. The van der Waals surface area contributed by atoms with Crippen molar-refractivity contribution in [1.82, 2.24) is 10.3 Å². The Labute approximate surface area is 125 Å². The molecule has 0 spiro atoms. The van der Waals surface area contributed by atoms with Gasteiger partial charge in [-0.3, -0.25) is 0 Å². The average Bonchev–Trinajstić information content (AvgIpc) is 2.93. The van der Waals surface area contributed by atoms with Crippen LogP contribution in [0, 0.1) is 0 Å². The molecule has 0 saturated heterocycles. The van der Waals surface area contributed by atoms with Crippen molar-refractivity contribution >= 4 is 11.3 Å². The Bertz CT molecular complexity index is 551. The Morgan fingerprint density at radius 3 is 2.75 bits per heavy atom. The third kappa shape index (κ3) is 3.81. The van der Waals surface area contributed by atoms with Gasteiger partial charge in [0.25, 0.3) is 0 Å². The molecule has 0 aliphatic carbocycles. The second kappa shape index (κ2) is 6.86. The van der Waals surface area contributed by atoms with Crippen molar-refractivity contribution < 1.29 is 4.74 Å². The van der Waals surface area contributed by atoms with Crippen LogP contribution >= 0.6 is 11.3 Å². The minimum absolute atomic E-state index is 0.324. The predicted molar refractivity (Wildman–Crippen MR) is 84.5 cm³/mol. The van der Waals surface area contributed by atoms with Gasteiger partial charge >= 0.3 is 0 Å². The molecule has 0 amide bonds. The summed E-state index contributed by atoms with van der Waals surface area (Å²) in [6, 6.07) is 8.52. The van der Waals surface area contributed by atoms with E-state index < -0.39 is 0 Å². The number of nitrogens with zero attached hydrogens (tertiary/aromatic N) is 1. The van der Waals surface area contributed by atoms with E-state index in [-0.39, 0.29) is 0 Å². The summed E-state index contributed by atoms with van der Waals surface area (Å²) in [4.78, 5) is 4.58. The van der Waals surface area contributed by atoms with Gasteiger partial charge in [-0.15, -0.1) is 11.3 Å². The molecule has 108 valence electrons. The molecule has 1 aromatic heterocycles. The number of rotatable bonds is 6. The Hall–Kier alpha value is -1.39. The van der Waals surface area contributed by atoms with Crippen molar-refractivity contribution in [2.45, 2.75) is 39.3 Å². The van der Waals surface area contributed by atoms with Gasteiger partial charge in [0.15, 0.2) is 0 Å². The van der Waals surface area contributed by atoms with Gasteiger partial charge in [-0.2, -0.15) is 0 Å². The summed E-state index contributed by atoms with van der Waals surface area (Å²) in [5.41, 5.74) is 2.23. The van der Waals surface area contributed by atoms with E-state index in [0.717, 1.165) is 11.4 Å². The van der Waals surface area contributed by atoms with Gasteiger partial charge in [0.05, 0.1) is 10.7 Å². The molecule has 0 aliphatic rings. The van der Waals surface area contributed by atoms with Gasteiger partial charge in [-0.25, -0.2) is 4.98 Å². The zero-order valence-electron chi connectivity index (χ0n) is 12.5. The first-order valence-corrected chi connectivity index (χ1v) is 7.82. The Morgan fingerprint density at radius 2 is 2.10 bits per heavy atom. The van der Waals surface area contributed by atoms with E-state index in [9.17, 15) is 0 Å². The van der Waals surface area contributed by atoms with Crippen LogP contribution in [0.3, 0.4) is 0 Å². The largest absolute Gasteiger partial charge is 0.487 e. The minimum Gasteiger partial charge on any atom is -0.487 e. The summed E-state index contributed by atoms with van der Waals surface area (Å²) in [7, 11) is 1.96. The highest BCUT2D eigenvalue weighted by molar-refractivity contribution is 7.09. The molecule has 0 fully saturated rings. The maximum absolute atomic E-state index is 5.84. The maximum Gasteiger partial charge on any atom is 0.131 e. The normalized spacial score (nSPS) is 12.7. The monoisotopic (exact) mass is 290 g/mol. The van der Waals surface area contributed by atoms with Crippen molar-refractivity contribution in [3.8, 4) is 5.75 Å². The number of ether oxygens (including phenoxy) is 1. The molecule has 1 aromatic carbocycles. The van der Waals surface area contributed by atoms with E-state index in [1.165, 1.54) is 10.6 Å². The lowest BCUT2D eigenvalue weighted by atomic mass is 10.1. The van der Waals surface area contributed by atoms with Crippen molar-refractivity contribution in [2.75, 3.05) is 7.05 Å². The molecular weight excluding hydrogens is 268 g/mol. The first-order chi connectivity index (χ1) is 9.60. The fraction of sp³-hybridized carbons (Fsp3) is 0.438. The van der Waals surface area contributed by atoms with E-state index >= 15 is 0 Å². The van der Waals surface area contributed by atoms with E-state index in [4.69, 9.17) is 4.74 Å². The van der Waals surface area contributed by atoms with Crippen LogP contribution < -0.4 is 10.1 Å². The van der Waals surface area contributed by atoms with Gasteiger partial charge in [-0.1, -0.05) is 26.0 Å². The molecule has 0 aliphatic heterocycles. The average molecular weight is 290 g/mol. The molecular formula is C16H22N2OS. The Kier molecular flexibility index (Phi) is 5.15. The zero-order valence-corrected chi connectivity index (χ0v) is 13.3. The molecule has 1 unspecified atom stereocenters. The molecule has 0 radical (unpaired) electrons. The molecule has 3 nitrogen and oxygen atoms in total. The molecule has 1 N–H and O–H groups in total. The molecule has 2 aromatic rings. The van der Waals surface area contributed by atoms with Gasteiger partial charge in [0.2, 0.25) is 0 Å². The minimum atomic E-state index is 0.324. The van der Waals surface area contributed by atoms with Crippen LogP contribution in [0.25, 0.3) is 0 Å². The number of hydrogen-bond donors (Lipinski definition) is 1. The summed E-state index contributed by atoms with van der Waals surface area (Å²) in [5, 5.41) is 6.48. The summed E-state index contributed by atoms with van der Waals surface area (Å²) in [5.74, 6) is 1.37. The number of nitrogens with one attached hydrogen (secondary N) is 1. The Morgan fingerprint density at radius 1 is 1.30 bits per heavy atom. The lowest BCUT2D eigenvalue weighted by Gasteiger charge is -2.12. The van der Waals surface area contributed by atoms with Crippen LogP contribution in [0.5, 0.6) is 5.75 Å². The lowest BCUT2D eigenvalue weighted by molar-refractivity contribution is 0.301. The zero-order chi connectivity index (χ0) is 14.5. The molecule has 1 heterocycles. The smallest absolute Gasteiger partial charge is 0.131 e. The van der Waals surface area contributed by atoms with Crippen LogP contribution in [0.4, 0.5) is 0 Å². The van der Waals surface area contributed by atoms with Crippen molar-refractivity contribution in [3.05, 3.63) is 45.9 Å². The first-order valence-electron chi connectivity index (χ1n) is 6.94. The molecule has 0 saturated carbocycles. The van der Waals surface area contributed by atoms with E-state index in [0.29, 0.717) is 18.6 Å².